The normalized spacial score (nSPS) is 17.0. The number of aromatic nitrogens is 3. The molecular weight excluding hydrogens is 332 g/mol. The van der Waals surface area contributed by atoms with Gasteiger partial charge in [-0.1, -0.05) is 19.6 Å². The van der Waals surface area contributed by atoms with Crippen LogP contribution in [-0.4, -0.2) is 34.8 Å². The van der Waals surface area contributed by atoms with Crippen LogP contribution < -0.4 is 10.9 Å². The van der Waals surface area contributed by atoms with E-state index in [2.05, 4.69) is 41.8 Å². The van der Waals surface area contributed by atoms with Gasteiger partial charge in [0.15, 0.2) is 0 Å². The lowest BCUT2D eigenvalue weighted by molar-refractivity contribution is 0.0873. The van der Waals surface area contributed by atoms with E-state index in [0.29, 0.717) is 12.2 Å². The molecule has 1 fully saturated rings. The molecule has 138 valence electrons. The van der Waals surface area contributed by atoms with Crippen molar-refractivity contribution in [3.05, 3.63) is 28.4 Å². The molecule has 2 aromatic heterocycles. The van der Waals surface area contributed by atoms with Gasteiger partial charge in [0, 0.05) is 32.5 Å². The van der Waals surface area contributed by atoms with Crippen LogP contribution >= 0.6 is 0 Å². The molecule has 0 spiro atoms. The topological polar surface area (TPSA) is 71.9 Å². The second-order valence-corrected chi connectivity index (χ2v) is 14.3. The van der Waals surface area contributed by atoms with Crippen molar-refractivity contribution in [3.63, 3.8) is 0 Å². The van der Waals surface area contributed by atoms with E-state index in [1.165, 1.54) is 25.6 Å². The average Bonchev–Trinajstić information content (AvgIpc) is 2.86. The van der Waals surface area contributed by atoms with E-state index in [1.807, 2.05) is 10.6 Å². The molecule has 0 aliphatic heterocycles. The Morgan fingerprint density at radius 1 is 1.40 bits per heavy atom. The van der Waals surface area contributed by atoms with Gasteiger partial charge in [0.1, 0.15) is 12.2 Å². The first-order valence-corrected chi connectivity index (χ1v) is 12.9. The van der Waals surface area contributed by atoms with E-state index in [9.17, 15) is 4.79 Å². The molecule has 0 amide bonds. The van der Waals surface area contributed by atoms with Crippen molar-refractivity contribution in [3.8, 4) is 0 Å². The first kappa shape index (κ1) is 18.4. The molecule has 0 radical (unpaired) electrons. The maximum Gasteiger partial charge on any atom is 0.275 e. The number of rotatable bonds is 8. The minimum atomic E-state index is -1.12. The van der Waals surface area contributed by atoms with Crippen molar-refractivity contribution >= 4 is 19.1 Å². The summed E-state index contributed by atoms with van der Waals surface area (Å²) in [6.45, 7) is 11.1. The van der Waals surface area contributed by atoms with Crippen LogP contribution in [0.1, 0.15) is 31.9 Å². The molecule has 0 saturated heterocycles. The zero-order chi connectivity index (χ0) is 18.1. The van der Waals surface area contributed by atoms with Crippen LogP contribution in [0.15, 0.2) is 17.2 Å². The summed E-state index contributed by atoms with van der Waals surface area (Å²) in [6.07, 6.45) is 5.16. The van der Waals surface area contributed by atoms with E-state index in [4.69, 9.17) is 4.74 Å². The fraction of sp³-hybridized carbons (Fsp3) is 0.667. The number of hydrogen-bond acceptors (Lipinski definition) is 4. The molecule has 25 heavy (non-hydrogen) atoms. The quantitative estimate of drug-likeness (QED) is 0.559. The fourth-order valence-corrected chi connectivity index (χ4v) is 3.92. The maximum absolute atomic E-state index is 12.3. The summed E-state index contributed by atoms with van der Waals surface area (Å²) in [6, 6.07) is 3.12. The SMILES string of the molecule is CC1(NCc2cc3nc[nH]c(=O)c3n2COCC[Si](C)(C)C)CCC1. The Morgan fingerprint density at radius 3 is 2.80 bits per heavy atom. The van der Waals surface area contributed by atoms with Crippen LogP contribution in [-0.2, 0) is 18.0 Å². The zero-order valence-corrected chi connectivity index (χ0v) is 16.8. The van der Waals surface area contributed by atoms with Crippen molar-refractivity contribution in [2.24, 2.45) is 0 Å². The van der Waals surface area contributed by atoms with Crippen molar-refractivity contribution in [1.29, 1.82) is 0 Å². The van der Waals surface area contributed by atoms with Crippen molar-refractivity contribution in [2.45, 2.75) is 70.7 Å². The van der Waals surface area contributed by atoms with Gasteiger partial charge in [0.2, 0.25) is 0 Å². The number of aromatic amines is 1. The largest absolute Gasteiger partial charge is 0.361 e. The summed E-state index contributed by atoms with van der Waals surface area (Å²) < 4.78 is 7.89. The highest BCUT2D eigenvalue weighted by molar-refractivity contribution is 6.76. The monoisotopic (exact) mass is 362 g/mol. The van der Waals surface area contributed by atoms with Gasteiger partial charge >= 0.3 is 0 Å². The molecule has 0 atom stereocenters. The minimum absolute atomic E-state index is 0.111. The Bertz CT molecular complexity index is 786. The third-order valence-electron chi connectivity index (χ3n) is 5.15. The van der Waals surface area contributed by atoms with Crippen LogP contribution in [0.4, 0.5) is 0 Å². The molecular formula is C18H30N4O2Si. The highest BCUT2D eigenvalue weighted by Crippen LogP contribution is 2.31. The molecule has 0 bridgehead atoms. The molecule has 2 heterocycles. The van der Waals surface area contributed by atoms with Gasteiger partial charge in [0.25, 0.3) is 5.56 Å². The van der Waals surface area contributed by atoms with Crippen LogP contribution in [0.25, 0.3) is 11.0 Å². The molecule has 2 N–H and O–H groups in total. The number of H-pyrrole nitrogens is 1. The van der Waals surface area contributed by atoms with Gasteiger partial charge in [-0.25, -0.2) is 4.98 Å². The van der Waals surface area contributed by atoms with E-state index in [0.717, 1.165) is 30.4 Å². The van der Waals surface area contributed by atoms with E-state index < -0.39 is 8.07 Å². The lowest BCUT2D eigenvalue weighted by Gasteiger charge is -2.39. The summed E-state index contributed by atoms with van der Waals surface area (Å²) in [7, 11) is -1.12. The van der Waals surface area contributed by atoms with E-state index >= 15 is 0 Å². The number of hydrogen-bond donors (Lipinski definition) is 2. The highest BCUT2D eigenvalue weighted by atomic mass is 28.3. The number of ether oxygens (including phenoxy) is 1. The lowest BCUT2D eigenvalue weighted by Crippen LogP contribution is -2.47. The van der Waals surface area contributed by atoms with Gasteiger partial charge in [-0.05, 0) is 38.3 Å². The Labute approximate surface area is 150 Å². The molecule has 1 saturated carbocycles. The maximum atomic E-state index is 12.3. The van der Waals surface area contributed by atoms with Crippen LogP contribution in [0.5, 0.6) is 0 Å². The van der Waals surface area contributed by atoms with E-state index in [-0.39, 0.29) is 11.1 Å². The van der Waals surface area contributed by atoms with E-state index in [1.54, 1.807) is 0 Å². The molecule has 0 unspecified atom stereocenters. The number of nitrogens with zero attached hydrogens (tertiary/aromatic N) is 2. The molecule has 7 heteroatoms. The standard InChI is InChI=1S/C18H30N4O2Si/c1-18(6-5-7-18)21-11-14-10-15-16(17(23)20-12-19-15)22(14)13-24-8-9-25(2,3)4/h10,12,21H,5-9,11,13H2,1-4H3,(H,19,20,23). The molecule has 0 aromatic carbocycles. The first-order chi connectivity index (χ1) is 11.8. The fourth-order valence-electron chi connectivity index (χ4n) is 3.17. The van der Waals surface area contributed by atoms with Crippen LogP contribution in [0, 0.1) is 0 Å². The average molecular weight is 363 g/mol. The van der Waals surface area contributed by atoms with Crippen LogP contribution in [0.2, 0.25) is 25.7 Å². The third-order valence-corrected chi connectivity index (χ3v) is 6.85. The van der Waals surface area contributed by atoms with Crippen LogP contribution in [0.3, 0.4) is 0 Å². The van der Waals surface area contributed by atoms with Gasteiger partial charge in [-0.3, -0.25) is 4.79 Å². The number of nitrogens with one attached hydrogen (secondary N) is 2. The van der Waals surface area contributed by atoms with Gasteiger partial charge in [-0.2, -0.15) is 0 Å². The van der Waals surface area contributed by atoms with Gasteiger partial charge < -0.3 is 19.6 Å². The Kier molecular flexibility index (Phi) is 5.18. The summed E-state index contributed by atoms with van der Waals surface area (Å²) in [5.74, 6) is 0. The zero-order valence-electron chi connectivity index (χ0n) is 15.8. The summed E-state index contributed by atoms with van der Waals surface area (Å²) in [5, 5.41) is 3.64. The summed E-state index contributed by atoms with van der Waals surface area (Å²) in [5.41, 5.74) is 2.50. The van der Waals surface area contributed by atoms with Crippen molar-refractivity contribution < 1.29 is 4.74 Å². The molecule has 6 nitrogen and oxygen atoms in total. The highest BCUT2D eigenvalue weighted by Gasteiger charge is 2.31. The third kappa shape index (κ3) is 4.40. The first-order valence-electron chi connectivity index (χ1n) is 9.16. The minimum Gasteiger partial charge on any atom is -0.361 e. The number of fused-ring (bicyclic) bond motifs is 1. The van der Waals surface area contributed by atoms with Gasteiger partial charge in [0.05, 0.1) is 11.8 Å². The Balaban J connectivity index is 1.77. The predicted molar refractivity (Wildman–Crippen MR) is 104 cm³/mol. The lowest BCUT2D eigenvalue weighted by atomic mass is 9.78. The summed E-state index contributed by atoms with van der Waals surface area (Å²) >= 11 is 0. The Hall–Kier alpha value is -1.44. The predicted octanol–water partition coefficient (Wildman–Crippen LogP) is 3.07. The smallest absolute Gasteiger partial charge is 0.275 e. The molecule has 3 rings (SSSR count). The second-order valence-electron chi connectivity index (χ2n) is 8.64. The molecule has 1 aliphatic carbocycles. The van der Waals surface area contributed by atoms with Crippen molar-refractivity contribution in [1.82, 2.24) is 19.9 Å². The molecule has 1 aliphatic rings. The summed E-state index contributed by atoms with van der Waals surface area (Å²) in [4.78, 5) is 19.3. The second kappa shape index (κ2) is 7.05. The molecule has 2 aromatic rings. The van der Waals surface area contributed by atoms with Gasteiger partial charge in [-0.15, -0.1) is 0 Å². The van der Waals surface area contributed by atoms with Crippen molar-refractivity contribution in [2.75, 3.05) is 6.61 Å². The Morgan fingerprint density at radius 2 is 2.16 bits per heavy atom.